The highest BCUT2D eigenvalue weighted by Gasteiger charge is 2.12. The molecule has 0 heterocycles. The Morgan fingerprint density at radius 1 is 1.27 bits per heavy atom. The molecule has 0 saturated carbocycles. The van der Waals surface area contributed by atoms with Gasteiger partial charge < -0.3 is 10.5 Å². The Labute approximate surface area is 89.5 Å². The second-order valence-corrected chi connectivity index (χ2v) is 3.50. The Balaban J connectivity index is 3.36. The molecule has 0 aliphatic heterocycles. The van der Waals surface area contributed by atoms with Crippen molar-refractivity contribution in [3.8, 4) is 0 Å². The summed E-state index contributed by atoms with van der Waals surface area (Å²) in [6.07, 6.45) is 0. The molecule has 0 fully saturated rings. The summed E-state index contributed by atoms with van der Waals surface area (Å²) in [4.78, 5) is 11.4. The maximum atomic E-state index is 11.4. The van der Waals surface area contributed by atoms with E-state index in [1.165, 1.54) is 7.11 Å². The standard InChI is InChI=1S/C12H15NO2/c1-7-5-8(2)11(12(14)15-4)6-10(7)9(3)13/h5-6H,3,13H2,1-2,4H3. The van der Waals surface area contributed by atoms with E-state index in [9.17, 15) is 4.79 Å². The van der Waals surface area contributed by atoms with Crippen LogP contribution in [0.4, 0.5) is 0 Å². The number of carbonyl (C=O) groups excluding carboxylic acids is 1. The molecule has 0 aromatic heterocycles. The van der Waals surface area contributed by atoms with E-state index in [1.54, 1.807) is 6.07 Å². The lowest BCUT2D eigenvalue weighted by molar-refractivity contribution is 0.0600. The summed E-state index contributed by atoms with van der Waals surface area (Å²) in [6.45, 7) is 7.46. The third-order valence-electron chi connectivity index (χ3n) is 2.32. The van der Waals surface area contributed by atoms with Crippen LogP contribution in [0, 0.1) is 13.8 Å². The summed E-state index contributed by atoms with van der Waals surface area (Å²) in [7, 11) is 1.36. The number of nitrogens with two attached hydrogens (primary N) is 1. The zero-order valence-corrected chi connectivity index (χ0v) is 9.26. The van der Waals surface area contributed by atoms with Gasteiger partial charge in [0.05, 0.1) is 12.7 Å². The number of methoxy groups -OCH3 is 1. The van der Waals surface area contributed by atoms with Gasteiger partial charge in [0.15, 0.2) is 0 Å². The Morgan fingerprint density at radius 3 is 2.27 bits per heavy atom. The van der Waals surface area contributed by atoms with E-state index < -0.39 is 0 Å². The molecular weight excluding hydrogens is 190 g/mol. The van der Waals surface area contributed by atoms with Gasteiger partial charge >= 0.3 is 5.97 Å². The summed E-state index contributed by atoms with van der Waals surface area (Å²) >= 11 is 0. The molecule has 80 valence electrons. The van der Waals surface area contributed by atoms with Gasteiger partial charge in [-0.3, -0.25) is 0 Å². The van der Waals surface area contributed by atoms with Crippen molar-refractivity contribution in [3.05, 3.63) is 41.0 Å². The molecular formula is C12H15NO2. The fourth-order valence-electron chi connectivity index (χ4n) is 1.53. The van der Waals surface area contributed by atoms with E-state index in [0.717, 1.165) is 16.7 Å². The maximum Gasteiger partial charge on any atom is 0.338 e. The first-order valence-electron chi connectivity index (χ1n) is 4.61. The Kier molecular flexibility index (Phi) is 3.14. The Hall–Kier alpha value is -1.77. The summed E-state index contributed by atoms with van der Waals surface area (Å²) < 4.78 is 4.68. The van der Waals surface area contributed by atoms with E-state index in [4.69, 9.17) is 5.73 Å². The quantitative estimate of drug-likeness (QED) is 0.751. The minimum absolute atomic E-state index is 0.352. The van der Waals surface area contributed by atoms with E-state index in [-0.39, 0.29) is 5.97 Å². The van der Waals surface area contributed by atoms with Crippen molar-refractivity contribution in [3.63, 3.8) is 0 Å². The minimum atomic E-state index is -0.352. The zero-order valence-electron chi connectivity index (χ0n) is 9.26. The lowest BCUT2D eigenvalue weighted by Gasteiger charge is -2.10. The smallest absolute Gasteiger partial charge is 0.338 e. The molecule has 0 amide bonds. The van der Waals surface area contributed by atoms with Crippen LogP contribution in [0.3, 0.4) is 0 Å². The van der Waals surface area contributed by atoms with Crippen molar-refractivity contribution < 1.29 is 9.53 Å². The van der Waals surface area contributed by atoms with Crippen LogP contribution < -0.4 is 5.73 Å². The highest BCUT2D eigenvalue weighted by atomic mass is 16.5. The van der Waals surface area contributed by atoms with Crippen LogP contribution in [0.1, 0.15) is 27.0 Å². The van der Waals surface area contributed by atoms with Gasteiger partial charge in [0.1, 0.15) is 0 Å². The fraction of sp³-hybridized carbons (Fsp3) is 0.250. The van der Waals surface area contributed by atoms with Crippen molar-refractivity contribution in [2.45, 2.75) is 13.8 Å². The summed E-state index contributed by atoms with van der Waals surface area (Å²) in [6, 6.07) is 3.62. The molecule has 2 N–H and O–H groups in total. The lowest BCUT2D eigenvalue weighted by atomic mass is 9.98. The minimum Gasteiger partial charge on any atom is -0.465 e. The molecule has 0 radical (unpaired) electrons. The second kappa shape index (κ2) is 4.17. The molecule has 0 unspecified atom stereocenters. The number of hydrogen-bond donors (Lipinski definition) is 1. The van der Waals surface area contributed by atoms with Crippen LogP contribution in [-0.2, 0) is 4.74 Å². The summed E-state index contributed by atoms with van der Waals surface area (Å²) in [5.74, 6) is -0.352. The number of rotatable bonds is 2. The van der Waals surface area contributed by atoms with Crippen molar-refractivity contribution in [2.24, 2.45) is 5.73 Å². The lowest BCUT2D eigenvalue weighted by Crippen LogP contribution is -2.07. The largest absolute Gasteiger partial charge is 0.465 e. The third-order valence-corrected chi connectivity index (χ3v) is 2.32. The number of esters is 1. The van der Waals surface area contributed by atoms with Crippen LogP contribution in [-0.4, -0.2) is 13.1 Å². The highest BCUT2D eigenvalue weighted by Crippen LogP contribution is 2.20. The van der Waals surface area contributed by atoms with Gasteiger partial charge in [-0.2, -0.15) is 0 Å². The van der Waals surface area contributed by atoms with Gasteiger partial charge in [0, 0.05) is 11.3 Å². The molecule has 3 nitrogen and oxygen atoms in total. The van der Waals surface area contributed by atoms with Crippen LogP contribution in [0.2, 0.25) is 0 Å². The molecule has 0 saturated heterocycles. The topological polar surface area (TPSA) is 52.3 Å². The maximum absolute atomic E-state index is 11.4. The van der Waals surface area contributed by atoms with E-state index in [2.05, 4.69) is 11.3 Å². The molecule has 3 heteroatoms. The molecule has 1 aromatic rings. The van der Waals surface area contributed by atoms with Crippen LogP contribution in [0.15, 0.2) is 18.7 Å². The van der Waals surface area contributed by atoms with Crippen molar-refractivity contribution in [2.75, 3.05) is 7.11 Å². The third kappa shape index (κ3) is 2.18. The second-order valence-electron chi connectivity index (χ2n) is 3.50. The van der Waals surface area contributed by atoms with E-state index in [0.29, 0.717) is 11.3 Å². The Morgan fingerprint density at radius 2 is 1.80 bits per heavy atom. The van der Waals surface area contributed by atoms with Crippen molar-refractivity contribution >= 4 is 11.7 Å². The van der Waals surface area contributed by atoms with Crippen molar-refractivity contribution in [1.82, 2.24) is 0 Å². The average Bonchev–Trinajstić information content (AvgIpc) is 2.16. The van der Waals surface area contributed by atoms with Crippen LogP contribution in [0.25, 0.3) is 5.70 Å². The van der Waals surface area contributed by atoms with Crippen LogP contribution >= 0.6 is 0 Å². The van der Waals surface area contributed by atoms with Crippen LogP contribution in [0.5, 0.6) is 0 Å². The predicted molar refractivity (Wildman–Crippen MR) is 60.5 cm³/mol. The van der Waals surface area contributed by atoms with E-state index >= 15 is 0 Å². The van der Waals surface area contributed by atoms with Gasteiger partial charge in [-0.15, -0.1) is 0 Å². The summed E-state index contributed by atoms with van der Waals surface area (Å²) in [5, 5.41) is 0. The normalized spacial score (nSPS) is 9.80. The first-order chi connectivity index (χ1) is 6.97. The molecule has 0 bridgehead atoms. The molecule has 1 rings (SSSR count). The first-order valence-corrected chi connectivity index (χ1v) is 4.61. The molecule has 0 spiro atoms. The molecule has 0 aliphatic carbocycles. The van der Waals surface area contributed by atoms with Gasteiger partial charge in [-0.25, -0.2) is 4.79 Å². The predicted octanol–water partition coefficient (Wildman–Crippen LogP) is 2.02. The Bertz CT molecular complexity index is 422. The number of benzene rings is 1. The number of hydrogen-bond acceptors (Lipinski definition) is 3. The number of ether oxygens (including phenoxy) is 1. The molecule has 15 heavy (non-hydrogen) atoms. The average molecular weight is 205 g/mol. The number of aryl methyl sites for hydroxylation is 2. The van der Waals surface area contributed by atoms with Crippen molar-refractivity contribution in [1.29, 1.82) is 0 Å². The summed E-state index contributed by atoms with van der Waals surface area (Å²) in [5.41, 5.74) is 9.30. The first kappa shape index (κ1) is 11.3. The molecule has 0 aliphatic rings. The zero-order chi connectivity index (χ0) is 11.6. The van der Waals surface area contributed by atoms with Gasteiger partial charge in [-0.1, -0.05) is 12.6 Å². The highest BCUT2D eigenvalue weighted by molar-refractivity contribution is 5.92. The van der Waals surface area contributed by atoms with Gasteiger partial charge in [0.25, 0.3) is 0 Å². The van der Waals surface area contributed by atoms with Gasteiger partial charge in [-0.05, 0) is 31.0 Å². The fourth-order valence-corrected chi connectivity index (χ4v) is 1.53. The number of carbonyl (C=O) groups is 1. The molecule has 1 aromatic carbocycles. The monoisotopic (exact) mass is 205 g/mol. The van der Waals surface area contributed by atoms with E-state index in [1.807, 2.05) is 19.9 Å². The SMILES string of the molecule is C=C(N)c1cc(C(=O)OC)c(C)cc1C. The van der Waals surface area contributed by atoms with Gasteiger partial charge in [0.2, 0.25) is 0 Å². The molecule has 0 atom stereocenters.